The molecule has 0 aliphatic carbocycles. The van der Waals surface area contributed by atoms with Gasteiger partial charge in [-0.25, -0.2) is 8.42 Å². The van der Waals surface area contributed by atoms with Gasteiger partial charge in [0.1, 0.15) is 0 Å². The van der Waals surface area contributed by atoms with Crippen LogP contribution in [0.25, 0.3) is 0 Å². The molecule has 0 saturated carbocycles. The smallest absolute Gasteiger partial charge is 0.153 e. The Hall–Kier alpha value is -0.130. The molecule has 0 amide bonds. The van der Waals surface area contributed by atoms with Gasteiger partial charge in [-0.3, -0.25) is 0 Å². The lowest BCUT2D eigenvalue weighted by atomic mass is 10.1. The molecular formula is C5H10O4S. The second kappa shape index (κ2) is 2.48. The number of hydrogen-bond donors (Lipinski definition) is 2. The number of aliphatic hydroxyl groups is 2. The van der Waals surface area contributed by atoms with Gasteiger partial charge in [-0.15, -0.1) is 0 Å². The summed E-state index contributed by atoms with van der Waals surface area (Å²) in [6.45, 7) is -0.250. The minimum Gasteiger partial charge on any atom is -0.396 e. The van der Waals surface area contributed by atoms with Gasteiger partial charge in [0.25, 0.3) is 0 Å². The minimum atomic E-state index is -3.07. The predicted octanol–water partition coefficient (Wildman–Crippen LogP) is -1.62. The molecule has 5 heteroatoms. The van der Waals surface area contributed by atoms with Crippen molar-refractivity contribution in [2.24, 2.45) is 5.92 Å². The maximum Gasteiger partial charge on any atom is 0.153 e. The summed E-state index contributed by atoms with van der Waals surface area (Å²) in [5.74, 6) is -0.742. The maximum absolute atomic E-state index is 10.7. The average Bonchev–Trinajstić information content (AvgIpc) is 2.05. The first-order valence-corrected chi connectivity index (χ1v) is 4.86. The van der Waals surface area contributed by atoms with Crippen molar-refractivity contribution in [1.82, 2.24) is 0 Å². The van der Waals surface area contributed by atoms with E-state index in [4.69, 9.17) is 10.2 Å². The van der Waals surface area contributed by atoms with Crippen molar-refractivity contribution in [3.63, 3.8) is 0 Å². The van der Waals surface area contributed by atoms with E-state index >= 15 is 0 Å². The van der Waals surface area contributed by atoms with Gasteiger partial charge in [0, 0.05) is 12.5 Å². The highest BCUT2D eigenvalue weighted by molar-refractivity contribution is 7.91. The average molecular weight is 166 g/mol. The first-order valence-electron chi connectivity index (χ1n) is 3.04. The van der Waals surface area contributed by atoms with Crippen molar-refractivity contribution in [2.75, 3.05) is 18.1 Å². The van der Waals surface area contributed by atoms with E-state index in [1.165, 1.54) is 0 Å². The third-order valence-electron chi connectivity index (χ3n) is 1.67. The van der Waals surface area contributed by atoms with Crippen molar-refractivity contribution in [3.05, 3.63) is 0 Å². The van der Waals surface area contributed by atoms with Crippen LogP contribution in [0.1, 0.15) is 0 Å². The summed E-state index contributed by atoms with van der Waals surface area (Å²) >= 11 is 0. The summed E-state index contributed by atoms with van der Waals surface area (Å²) in [4.78, 5) is 0. The molecule has 2 atom stereocenters. The first-order chi connectivity index (χ1) is 4.55. The van der Waals surface area contributed by atoms with E-state index in [9.17, 15) is 8.42 Å². The Morgan fingerprint density at radius 3 is 2.20 bits per heavy atom. The first kappa shape index (κ1) is 7.97. The van der Waals surface area contributed by atoms with Crippen molar-refractivity contribution in [2.45, 2.75) is 6.10 Å². The van der Waals surface area contributed by atoms with E-state index in [0.717, 1.165) is 0 Å². The van der Waals surface area contributed by atoms with E-state index in [1.807, 2.05) is 0 Å². The van der Waals surface area contributed by atoms with E-state index in [0.29, 0.717) is 0 Å². The van der Waals surface area contributed by atoms with Crippen LogP contribution in [0.3, 0.4) is 0 Å². The van der Waals surface area contributed by atoms with Crippen LogP contribution in [0, 0.1) is 5.92 Å². The fourth-order valence-electron chi connectivity index (χ4n) is 1.08. The number of rotatable bonds is 1. The van der Waals surface area contributed by atoms with Gasteiger partial charge in [-0.1, -0.05) is 0 Å². The van der Waals surface area contributed by atoms with Crippen LogP contribution < -0.4 is 0 Å². The highest BCUT2D eigenvalue weighted by Crippen LogP contribution is 2.17. The van der Waals surface area contributed by atoms with Gasteiger partial charge in [-0.05, 0) is 0 Å². The summed E-state index contributed by atoms with van der Waals surface area (Å²) in [6, 6.07) is 0. The molecule has 0 aromatic rings. The molecule has 2 N–H and O–H groups in total. The molecule has 0 spiro atoms. The Kier molecular flexibility index (Phi) is 1.98. The lowest BCUT2D eigenvalue weighted by Crippen LogP contribution is -2.20. The second-order valence-electron chi connectivity index (χ2n) is 2.59. The minimum absolute atomic E-state index is 0.0787. The summed E-state index contributed by atoms with van der Waals surface area (Å²) < 4.78 is 21.5. The summed E-state index contributed by atoms with van der Waals surface area (Å²) in [6.07, 6.45) is -0.866. The predicted molar refractivity (Wildman–Crippen MR) is 35.2 cm³/mol. The summed E-state index contributed by atoms with van der Waals surface area (Å²) in [5, 5.41) is 17.5. The van der Waals surface area contributed by atoms with Gasteiger partial charge in [-0.2, -0.15) is 0 Å². The van der Waals surface area contributed by atoms with E-state index < -0.39 is 21.9 Å². The Balaban J connectivity index is 2.71. The molecule has 0 aromatic heterocycles. The molecule has 60 valence electrons. The zero-order valence-corrected chi connectivity index (χ0v) is 6.21. The Labute approximate surface area is 59.4 Å². The van der Waals surface area contributed by atoms with Gasteiger partial charge in [0.2, 0.25) is 0 Å². The zero-order chi connectivity index (χ0) is 7.78. The van der Waals surface area contributed by atoms with Crippen LogP contribution in [-0.4, -0.2) is 42.8 Å². The molecule has 10 heavy (non-hydrogen) atoms. The van der Waals surface area contributed by atoms with Gasteiger partial charge < -0.3 is 10.2 Å². The third-order valence-corrected chi connectivity index (χ3v) is 3.46. The van der Waals surface area contributed by atoms with Crippen LogP contribution in [0.5, 0.6) is 0 Å². The monoisotopic (exact) mass is 166 g/mol. The van der Waals surface area contributed by atoms with Crippen molar-refractivity contribution in [3.8, 4) is 0 Å². The van der Waals surface area contributed by atoms with E-state index in [2.05, 4.69) is 0 Å². The molecule has 0 unspecified atom stereocenters. The normalized spacial score (nSPS) is 38.2. The fraction of sp³-hybridized carbons (Fsp3) is 1.00. The quantitative estimate of drug-likeness (QED) is 0.491. The maximum atomic E-state index is 10.7. The lowest BCUT2D eigenvalue weighted by molar-refractivity contribution is 0.104. The topological polar surface area (TPSA) is 74.6 Å². The molecule has 1 aliphatic rings. The molecule has 1 aliphatic heterocycles. The molecule has 1 heterocycles. The van der Waals surface area contributed by atoms with Gasteiger partial charge >= 0.3 is 0 Å². The summed E-state index contributed by atoms with van der Waals surface area (Å²) in [5.41, 5.74) is 0. The molecule has 1 rings (SSSR count). The third kappa shape index (κ3) is 1.47. The second-order valence-corrected chi connectivity index (χ2v) is 4.74. The number of sulfone groups is 1. The largest absolute Gasteiger partial charge is 0.396 e. The molecule has 0 radical (unpaired) electrons. The highest BCUT2D eigenvalue weighted by Gasteiger charge is 2.35. The Morgan fingerprint density at radius 1 is 1.40 bits per heavy atom. The standard InChI is InChI=1S/C5H10O4S/c6-1-4-2-10(8,9)3-5(4)7/h4-7H,1-3H2/t4-,5+/m0/s1. The Morgan fingerprint density at radius 2 is 2.00 bits per heavy atom. The van der Waals surface area contributed by atoms with Crippen molar-refractivity contribution in [1.29, 1.82) is 0 Å². The molecule has 4 nitrogen and oxygen atoms in total. The fourth-order valence-corrected chi connectivity index (χ4v) is 2.98. The summed E-state index contributed by atoms with van der Waals surface area (Å²) in [7, 11) is -3.07. The van der Waals surface area contributed by atoms with Gasteiger partial charge in [0.15, 0.2) is 9.84 Å². The van der Waals surface area contributed by atoms with Crippen LogP contribution in [0.2, 0.25) is 0 Å². The van der Waals surface area contributed by atoms with Crippen LogP contribution in [-0.2, 0) is 9.84 Å². The van der Waals surface area contributed by atoms with E-state index in [-0.39, 0.29) is 18.1 Å². The number of hydrogen-bond acceptors (Lipinski definition) is 4. The van der Waals surface area contributed by atoms with Crippen LogP contribution >= 0.6 is 0 Å². The number of aliphatic hydroxyl groups excluding tert-OH is 2. The lowest BCUT2D eigenvalue weighted by Gasteiger charge is -2.06. The van der Waals surface area contributed by atoms with Crippen molar-refractivity contribution >= 4 is 9.84 Å². The van der Waals surface area contributed by atoms with Crippen LogP contribution in [0.4, 0.5) is 0 Å². The Bertz CT molecular complexity index is 208. The molecule has 1 fully saturated rings. The van der Waals surface area contributed by atoms with Crippen molar-refractivity contribution < 1.29 is 18.6 Å². The zero-order valence-electron chi connectivity index (χ0n) is 5.40. The molecule has 1 saturated heterocycles. The molecule has 0 bridgehead atoms. The van der Waals surface area contributed by atoms with E-state index in [1.54, 1.807) is 0 Å². The highest BCUT2D eigenvalue weighted by atomic mass is 32.2. The SMILES string of the molecule is O=S1(=O)C[C@H](CO)[C@H](O)C1. The van der Waals surface area contributed by atoms with Crippen LogP contribution in [0.15, 0.2) is 0 Å². The van der Waals surface area contributed by atoms with Gasteiger partial charge in [0.05, 0.1) is 17.6 Å². The molecule has 0 aromatic carbocycles. The molecular weight excluding hydrogens is 156 g/mol.